The first-order valence-electron chi connectivity index (χ1n) is 13.9. The summed E-state index contributed by atoms with van der Waals surface area (Å²) in [6.45, 7) is 4.25. The first-order valence-corrected chi connectivity index (χ1v) is 14.9. The zero-order chi connectivity index (χ0) is 30.2. The molecule has 0 aliphatic rings. The summed E-state index contributed by atoms with van der Waals surface area (Å²) in [5, 5.41) is 9.53. The molecule has 3 amide bonds. The standard InChI is InChI=1S/C35H32N4O3S/c1-23(2)24-15-17-27(18-16-24)37-33(40)22-43-29-12-8-11-28(20-29)38-35(42)32(39-34(41)25-9-4-3-5-10-25)19-26-21-36-31-14-7-6-13-30(26)31/h3-21,23,36H,22H2,1-2H3,(H,37,40)(H,38,42)(H,39,41)/b32-19-. The molecule has 0 fully saturated rings. The second kappa shape index (κ2) is 13.7. The molecule has 1 aromatic heterocycles. The molecule has 0 aliphatic heterocycles. The van der Waals surface area contributed by atoms with E-state index in [4.69, 9.17) is 0 Å². The van der Waals surface area contributed by atoms with Crippen molar-refractivity contribution in [3.8, 4) is 0 Å². The maximum atomic E-state index is 13.5. The number of hydrogen-bond donors (Lipinski definition) is 4. The topological polar surface area (TPSA) is 103 Å². The van der Waals surface area contributed by atoms with Crippen molar-refractivity contribution in [3.05, 3.63) is 132 Å². The molecule has 7 nitrogen and oxygen atoms in total. The highest BCUT2D eigenvalue weighted by Gasteiger charge is 2.16. The van der Waals surface area contributed by atoms with E-state index in [1.165, 1.54) is 17.3 Å². The molecule has 5 rings (SSSR count). The van der Waals surface area contributed by atoms with E-state index < -0.39 is 11.8 Å². The summed E-state index contributed by atoms with van der Waals surface area (Å²) in [5.41, 5.74) is 4.73. The number of rotatable bonds is 10. The van der Waals surface area contributed by atoms with Crippen LogP contribution in [0.25, 0.3) is 17.0 Å². The van der Waals surface area contributed by atoms with Gasteiger partial charge in [0.05, 0.1) is 5.75 Å². The predicted molar refractivity (Wildman–Crippen MR) is 175 cm³/mol. The lowest BCUT2D eigenvalue weighted by Crippen LogP contribution is -2.30. The maximum Gasteiger partial charge on any atom is 0.272 e. The molecule has 1 heterocycles. The molecule has 0 unspecified atom stereocenters. The van der Waals surface area contributed by atoms with Gasteiger partial charge in [0.15, 0.2) is 0 Å². The van der Waals surface area contributed by atoms with E-state index in [-0.39, 0.29) is 17.4 Å². The van der Waals surface area contributed by atoms with E-state index in [1.54, 1.807) is 48.7 Å². The molecule has 0 radical (unpaired) electrons. The van der Waals surface area contributed by atoms with E-state index in [0.717, 1.165) is 27.0 Å². The number of para-hydroxylation sites is 1. The molecular formula is C35H32N4O3S. The first-order chi connectivity index (χ1) is 20.9. The average Bonchev–Trinajstić information content (AvgIpc) is 3.43. The van der Waals surface area contributed by atoms with Crippen LogP contribution in [0.15, 0.2) is 120 Å². The van der Waals surface area contributed by atoms with Gasteiger partial charge in [-0.2, -0.15) is 0 Å². The molecule has 0 saturated carbocycles. The smallest absolute Gasteiger partial charge is 0.272 e. The maximum absolute atomic E-state index is 13.5. The molecule has 4 N–H and O–H groups in total. The van der Waals surface area contributed by atoms with Crippen molar-refractivity contribution in [2.24, 2.45) is 0 Å². The van der Waals surface area contributed by atoms with Crippen molar-refractivity contribution >= 4 is 57.8 Å². The van der Waals surface area contributed by atoms with Gasteiger partial charge in [0, 0.05) is 44.5 Å². The van der Waals surface area contributed by atoms with Crippen LogP contribution in [0.1, 0.15) is 41.3 Å². The molecule has 5 aromatic rings. The van der Waals surface area contributed by atoms with Crippen LogP contribution in [0.2, 0.25) is 0 Å². The summed E-state index contributed by atoms with van der Waals surface area (Å²) in [5.74, 6) is -0.352. The summed E-state index contributed by atoms with van der Waals surface area (Å²) in [6, 6.07) is 31.6. The zero-order valence-corrected chi connectivity index (χ0v) is 24.7. The molecule has 0 spiro atoms. The predicted octanol–water partition coefficient (Wildman–Crippen LogP) is 7.43. The number of anilines is 2. The van der Waals surface area contributed by atoms with Crippen LogP contribution in [0.5, 0.6) is 0 Å². The number of nitrogens with one attached hydrogen (secondary N) is 4. The third-order valence-corrected chi connectivity index (χ3v) is 7.77. The Bertz CT molecular complexity index is 1780. The van der Waals surface area contributed by atoms with E-state index in [1.807, 2.05) is 66.7 Å². The van der Waals surface area contributed by atoms with Gasteiger partial charge in [0.1, 0.15) is 5.70 Å². The molecule has 0 aliphatic carbocycles. The van der Waals surface area contributed by atoms with E-state index in [9.17, 15) is 14.4 Å². The lowest BCUT2D eigenvalue weighted by molar-refractivity contribution is -0.114. The molecule has 43 heavy (non-hydrogen) atoms. The monoisotopic (exact) mass is 588 g/mol. The van der Waals surface area contributed by atoms with Gasteiger partial charge < -0.3 is 20.9 Å². The van der Waals surface area contributed by atoms with Crippen molar-refractivity contribution in [1.29, 1.82) is 0 Å². The van der Waals surface area contributed by atoms with Crippen molar-refractivity contribution < 1.29 is 14.4 Å². The summed E-state index contributed by atoms with van der Waals surface area (Å²) in [4.78, 5) is 43.1. The zero-order valence-electron chi connectivity index (χ0n) is 23.9. The Morgan fingerprint density at radius 2 is 1.56 bits per heavy atom. The van der Waals surface area contributed by atoms with Gasteiger partial charge in [-0.15, -0.1) is 11.8 Å². The number of thioether (sulfide) groups is 1. The molecular weight excluding hydrogens is 556 g/mol. The van der Waals surface area contributed by atoms with Gasteiger partial charge in [-0.1, -0.05) is 68.4 Å². The highest BCUT2D eigenvalue weighted by atomic mass is 32.2. The molecule has 0 bridgehead atoms. The van der Waals surface area contributed by atoms with E-state index >= 15 is 0 Å². The van der Waals surface area contributed by atoms with Gasteiger partial charge in [-0.05, 0) is 66.1 Å². The normalized spacial score (nSPS) is 11.4. The number of hydrogen-bond acceptors (Lipinski definition) is 4. The Labute approximate surface area is 254 Å². The average molecular weight is 589 g/mol. The Balaban J connectivity index is 1.28. The molecule has 216 valence electrons. The van der Waals surface area contributed by atoms with E-state index in [0.29, 0.717) is 17.2 Å². The van der Waals surface area contributed by atoms with Crippen molar-refractivity contribution in [3.63, 3.8) is 0 Å². The Morgan fingerprint density at radius 3 is 2.33 bits per heavy atom. The quantitative estimate of drug-likeness (QED) is 0.101. The minimum Gasteiger partial charge on any atom is -0.361 e. The van der Waals surface area contributed by atoms with Crippen LogP contribution >= 0.6 is 11.8 Å². The lowest BCUT2D eigenvalue weighted by atomic mass is 10.0. The SMILES string of the molecule is CC(C)c1ccc(NC(=O)CSc2cccc(NC(=O)/C(=C/c3c[nH]c4ccccc34)NC(=O)c3ccccc3)c2)cc1. The second-order valence-electron chi connectivity index (χ2n) is 10.3. The van der Waals surface area contributed by atoms with Crippen LogP contribution in [-0.2, 0) is 9.59 Å². The second-order valence-corrected chi connectivity index (χ2v) is 11.3. The van der Waals surface area contributed by atoms with Crippen LogP contribution in [0.3, 0.4) is 0 Å². The van der Waals surface area contributed by atoms with Crippen LogP contribution in [0.4, 0.5) is 11.4 Å². The minimum atomic E-state index is -0.473. The molecule has 0 atom stereocenters. The minimum absolute atomic E-state index is 0.0968. The van der Waals surface area contributed by atoms with Gasteiger partial charge in [-0.3, -0.25) is 14.4 Å². The van der Waals surface area contributed by atoms with Gasteiger partial charge in [0.2, 0.25) is 5.91 Å². The highest BCUT2D eigenvalue weighted by molar-refractivity contribution is 8.00. The number of carbonyl (C=O) groups excluding carboxylic acids is 3. The van der Waals surface area contributed by atoms with Crippen molar-refractivity contribution in [2.45, 2.75) is 24.7 Å². The Morgan fingerprint density at radius 1 is 0.814 bits per heavy atom. The third kappa shape index (κ3) is 7.81. The number of aromatic nitrogens is 1. The number of benzene rings is 4. The van der Waals surface area contributed by atoms with Gasteiger partial charge in [-0.25, -0.2) is 0 Å². The summed E-state index contributed by atoms with van der Waals surface area (Å²) < 4.78 is 0. The number of fused-ring (bicyclic) bond motifs is 1. The summed E-state index contributed by atoms with van der Waals surface area (Å²) in [7, 11) is 0. The number of carbonyl (C=O) groups is 3. The van der Waals surface area contributed by atoms with Crippen LogP contribution in [-0.4, -0.2) is 28.5 Å². The summed E-state index contributed by atoms with van der Waals surface area (Å²) >= 11 is 1.37. The summed E-state index contributed by atoms with van der Waals surface area (Å²) in [6.07, 6.45) is 3.46. The highest BCUT2D eigenvalue weighted by Crippen LogP contribution is 2.24. The van der Waals surface area contributed by atoms with E-state index in [2.05, 4.69) is 34.8 Å². The fourth-order valence-electron chi connectivity index (χ4n) is 4.47. The Hall–Kier alpha value is -5.08. The Kier molecular flexibility index (Phi) is 9.39. The van der Waals surface area contributed by atoms with Gasteiger partial charge in [0.25, 0.3) is 11.8 Å². The molecule has 0 saturated heterocycles. The lowest BCUT2D eigenvalue weighted by Gasteiger charge is -2.12. The number of H-pyrrole nitrogens is 1. The van der Waals surface area contributed by atoms with Gasteiger partial charge >= 0.3 is 0 Å². The largest absolute Gasteiger partial charge is 0.361 e. The fourth-order valence-corrected chi connectivity index (χ4v) is 5.23. The van der Waals surface area contributed by atoms with Crippen LogP contribution in [0, 0.1) is 0 Å². The first kappa shape index (κ1) is 29.4. The fraction of sp³-hybridized carbons (Fsp3) is 0.114. The number of aromatic amines is 1. The van der Waals surface area contributed by atoms with Crippen molar-refractivity contribution in [1.82, 2.24) is 10.3 Å². The molecule has 8 heteroatoms. The van der Waals surface area contributed by atoms with Crippen LogP contribution < -0.4 is 16.0 Å². The third-order valence-electron chi connectivity index (χ3n) is 6.77. The molecule has 4 aromatic carbocycles. The number of amides is 3. The van der Waals surface area contributed by atoms with Crippen molar-refractivity contribution in [2.75, 3.05) is 16.4 Å².